The minimum absolute atomic E-state index is 0.122. The average molecular weight is 321 g/mol. The Labute approximate surface area is 139 Å². The zero-order valence-electron chi connectivity index (χ0n) is 13.2. The largest absolute Gasteiger partial charge is 0.366 e. The molecule has 1 heterocycles. The number of para-hydroxylation sites is 2. The maximum atomic E-state index is 12.1. The topological polar surface area (TPSA) is 88.0 Å². The number of aromatic amines is 1. The third-order valence-electron chi connectivity index (χ3n) is 3.99. The van der Waals surface area contributed by atoms with E-state index in [1.807, 2.05) is 24.4 Å². The van der Waals surface area contributed by atoms with Crippen LogP contribution in [0, 0.1) is 0 Å². The van der Waals surface area contributed by atoms with Crippen molar-refractivity contribution >= 4 is 28.4 Å². The zero-order valence-corrected chi connectivity index (χ0v) is 13.2. The smallest absolute Gasteiger partial charge is 0.250 e. The van der Waals surface area contributed by atoms with Crippen LogP contribution in [-0.4, -0.2) is 16.8 Å². The normalized spacial score (nSPS) is 10.7. The van der Waals surface area contributed by atoms with Crippen LogP contribution in [0.4, 0.5) is 5.69 Å². The van der Waals surface area contributed by atoms with Crippen LogP contribution in [0.5, 0.6) is 0 Å². The van der Waals surface area contributed by atoms with E-state index in [1.165, 1.54) is 10.9 Å². The summed E-state index contributed by atoms with van der Waals surface area (Å²) in [4.78, 5) is 26.7. The number of rotatable bonds is 6. The minimum Gasteiger partial charge on any atom is -0.366 e. The highest BCUT2D eigenvalue weighted by molar-refractivity contribution is 6.02. The number of nitrogens with two attached hydrogens (primary N) is 1. The Morgan fingerprint density at radius 1 is 1.04 bits per heavy atom. The molecule has 0 radical (unpaired) electrons. The highest BCUT2D eigenvalue weighted by Gasteiger charge is 2.10. The fourth-order valence-corrected chi connectivity index (χ4v) is 2.80. The molecule has 0 fully saturated rings. The van der Waals surface area contributed by atoms with Crippen LogP contribution in [0.3, 0.4) is 0 Å². The number of fused-ring (bicyclic) bond motifs is 1. The molecule has 0 unspecified atom stereocenters. The molecule has 122 valence electrons. The molecule has 3 rings (SSSR count). The molecule has 5 heteroatoms. The van der Waals surface area contributed by atoms with E-state index in [0.29, 0.717) is 17.7 Å². The van der Waals surface area contributed by atoms with Crippen molar-refractivity contribution in [3.63, 3.8) is 0 Å². The Morgan fingerprint density at radius 2 is 1.79 bits per heavy atom. The van der Waals surface area contributed by atoms with Crippen molar-refractivity contribution < 1.29 is 9.59 Å². The number of anilines is 1. The molecule has 1 aromatic heterocycles. The predicted octanol–water partition coefficient (Wildman–Crippen LogP) is 3.23. The van der Waals surface area contributed by atoms with E-state index in [1.54, 1.807) is 24.3 Å². The summed E-state index contributed by atoms with van der Waals surface area (Å²) in [6.07, 6.45) is 3.92. The van der Waals surface area contributed by atoms with Gasteiger partial charge in [-0.1, -0.05) is 30.3 Å². The molecule has 0 spiro atoms. The molecule has 24 heavy (non-hydrogen) atoms. The Kier molecular flexibility index (Phi) is 4.61. The molecule has 5 nitrogen and oxygen atoms in total. The molecule has 0 aliphatic rings. The SMILES string of the molecule is NC(=O)c1ccccc1NC(=O)CCCc1c[nH]c2ccccc12. The van der Waals surface area contributed by atoms with E-state index in [9.17, 15) is 9.59 Å². The number of aryl methyl sites for hydroxylation is 1. The van der Waals surface area contributed by atoms with E-state index in [0.717, 1.165) is 18.4 Å². The fraction of sp³-hybridized carbons (Fsp3) is 0.158. The highest BCUT2D eigenvalue weighted by atomic mass is 16.2. The molecule has 0 saturated heterocycles. The first-order valence-electron chi connectivity index (χ1n) is 7.89. The van der Waals surface area contributed by atoms with Crippen molar-refractivity contribution in [1.29, 1.82) is 0 Å². The van der Waals surface area contributed by atoms with E-state index in [-0.39, 0.29) is 5.91 Å². The molecule has 0 atom stereocenters. The van der Waals surface area contributed by atoms with Crippen molar-refractivity contribution in [2.24, 2.45) is 5.73 Å². The van der Waals surface area contributed by atoms with Crippen LogP contribution in [-0.2, 0) is 11.2 Å². The standard InChI is InChI=1S/C19H19N3O2/c20-19(24)15-8-2-4-10-17(15)22-18(23)11-5-6-13-12-21-16-9-3-1-7-14(13)16/h1-4,7-10,12,21H,5-6,11H2,(H2,20,24)(H,22,23). The quantitative estimate of drug-likeness (QED) is 0.651. The van der Waals surface area contributed by atoms with Gasteiger partial charge in [0.25, 0.3) is 5.91 Å². The van der Waals surface area contributed by atoms with E-state index in [4.69, 9.17) is 5.73 Å². The summed E-state index contributed by atoms with van der Waals surface area (Å²) < 4.78 is 0. The number of carbonyl (C=O) groups excluding carboxylic acids is 2. The lowest BCUT2D eigenvalue weighted by molar-refractivity contribution is -0.116. The number of carbonyl (C=O) groups is 2. The highest BCUT2D eigenvalue weighted by Crippen LogP contribution is 2.20. The third-order valence-corrected chi connectivity index (χ3v) is 3.99. The summed E-state index contributed by atoms with van der Waals surface area (Å²) in [6, 6.07) is 14.9. The molecule has 0 saturated carbocycles. The molecule has 4 N–H and O–H groups in total. The molecule has 2 amide bonds. The van der Waals surface area contributed by atoms with Crippen molar-refractivity contribution in [2.45, 2.75) is 19.3 Å². The van der Waals surface area contributed by atoms with Gasteiger partial charge in [0.05, 0.1) is 11.3 Å². The number of hydrogen-bond acceptors (Lipinski definition) is 2. The number of amides is 2. The van der Waals surface area contributed by atoms with Gasteiger partial charge >= 0.3 is 0 Å². The van der Waals surface area contributed by atoms with Gasteiger partial charge < -0.3 is 16.0 Å². The first-order chi connectivity index (χ1) is 11.6. The molecule has 0 aliphatic carbocycles. The Hall–Kier alpha value is -3.08. The number of primary amides is 1. The molecule has 2 aromatic carbocycles. The number of hydrogen-bond donors (Lipinski definition) is 3. The Balaban J connectivity index is 1.58. The van der Waals surface area contributed by atoms with Crippen LogP contribution in [0.25, 0.3) is 10.9 Å². The maximum absolute atomic E-state index is 12.1. The van der Waals surface area contributed by atoms with Crippen LogP contribution in [0.2, 0.25) is 0 Å². The summed E-state index contributed by atoms with van der Waals surface area (Å²) in [5, 5.41) is 3.95. The van der Waals surface area contributed by atoms with Gasteiger partial charge in [-0.05, 0) is 36.6 Å². The molecular weight excluding hydrogens is 302 g/mol. The lowest BCUT2D eigenvalue weighted by atomic mass is 10.1. The second-order valence-corrected chi connectivity index (χ2v) is 5.67. The number of aromatic nitrogens is 1. The molecule has 3 aromatic rings. The van der Waals surface area contributed by atoms with Crippen LogP contribution in [0.1, 0.15) is 28.8 Å². The second-order valence-electron chi connectivity index (χ2n) is 5.67. The lowest BCUT2D eigenvalue weighted by Gasteiger charge is -2.08. The molecule has 0 bridgehead atoms. The summed E-state index contributed by atoms with van der Waals surface area (Å²) in [5.74, 6) is -0.673. The van der Waals surface area contributed by atoms with Gasteiger partial charge in [-0.15, -0.1) is 0 Å². The van der Waals surface area contributed by atoms with Gasteiger partial charge in [0.2, 0.25) is 5.91 Å². The number of nitrogens with one attached hydrogen (secondary N) is 2. The number of benzene rings is 2. The molecule has 0 aliphatic heterocycles. The van der Waals surface area contributed by atoms with Gasteiger partial charge in [0.1, 0.15) is 0 Å². The van der Waals surface area contributed by atoms with Crippen LogP contribution < -0.4 is 11.1 Å². The Morgan fingerprint density at radius 3 is 2.62 bits per heavy atom. The first-order valence-corrected chi connectivity index (χ1v) is 7.89. The monoisotopic (exact) mass is 321 g/mol. The van der Waals surface area contributed by atoms with E-state index in [2.05, 4.69) is 16.4 Å². The Bertz CT molecular complexity index is 883. The summed E-state index contributed by atoms with van der Waals surface area (Å²) >= 11 is 0. The van der Waals surface area contributed by atoms with Gasteiger partial charge in [-0.3, -0.25) is 9.59 Å². The van der Waals surface area contributed by atoms with Crippen molar-refractivity contribution in [3.8, 4) is 0 Å². The van der Waals surface area contributed by atoms with E-state index >= 15 is 0 Å². The first kappa shape index (κ1) is 15.8. The zero-order chi connectivity index (χ0) is 16.9. The average Bonchev–Trinajstić information content (AvgIpc) is 2.98. The van der Waals surface area contributed by atoms with Crippen molar-refractivity contribution in [1.82, 2.24) is 4.98 Å². The second kappa shape index (κ2) is 7.00. The van der Waals surface area contributed by atoms with Gasteiger partial charge in [0, 0.05) is 23.5 Å². The van der Waals surface area contributed by atoms with Crippen molar-refractivity contribution in [2.75, 3.05) is 5.32 Å². The van der Waals surface area contributed by atoms with Gasteiger partial charge in [0.15, 0.2) is 0 Å². The predicted molar refractivity (Wildman–Crippen MR) is 94.8 cm³/mol. The lowest BCUT2D eigenvalue weighted by Crippen LogP contribution is -2.18. The van der Waals surface area contributed by atoms with Crippen LogP contribution in [0.15, 0.2) is 54.7 Å². The maximum Gasteiger partial charge on any atom is 0.250 e. The van der Waals surface area contributed by atoms with Crippen molar-refractivity contribution in [3.05, 3.63) is 65.9 Å². The summed E-state index contributed by atoms with van der Waals surface area (Å²) in [7, 11) is 0. The fourth-order valence-electron chi connectivity index (χ4n) is 2.80. The van der Waals surface area contributed by atoms with E-state index < -0.39 is 5.91 Å². The van der Waals surface area contributed by atoms with Gasteiger partial charge in [-0.25, -0.2) is 0 Å². The van der Waals surface area contributed by atoms with Gasteiger partial charge in [-0.2, -0.15) is 0 Å². The molecular formula is C19H19N3O2. The summed E-state index contributed by atoms with van der Waals surface area (Å²) in [5.41, 5.74) is 8.40. The third kappa shape index (κ3) is 3.46. The minimum atomic E-state index is -0.551. The van der Waals surface area contributed by atoms with Crippen LogP contribution >= 0.6 is 0 Å². The summed E-state index contributed by atoms with van der Waals surface area (Å²) in [6.45, 7) is 0. The number of H-pyrrole nitrogens is 1.